The van der Waals surface area contributed by atoms with E-state index in [4.69, 9.17) is 0 Å². The second-order valence-corrected chi connectivity index (χ2v) is 8.42. The van der Waals surface area contributed by atoms with Crippen molar-refractivity contribution in [2.75, 3.05) is 13.1 Å². The van der Waals surface area contributed by atoms with Crippen LogP contribution < -0.4 is 0 Å². The maximum Gasteiger partial charge on any atom is 0.217 e. The van der Waals surface area contributed by atoms with Crippen molar-refractivity contribution in [1.82, 2.24) is 14.3 Å². The van der Waals surface area contributed by atoms with Crippen molar-refractivity contribution in [2.24, 2.45) is 0 Å². The van der Waals surface area contributed by atoms with Gasteiger partial charge in [0.25, 0.3) is 0 Å². The summed E-state index contributed by atoms with van der Waals surface area (Å²) < 4.78 is 27.1. The fraction of sp³-hybridized carbons (Fsp3) is 0.733. The number of nitrogens with zero attached hydrogens (tertiary/aromatic N) is 3. The lowest BCUT2D eigenvalue weighted by atomic mass is 10.0. The standard InChI is InChI=1S/C15H23N3O2S/c1-12-7-9-16-15(17-12)13-8-10-18(11-13)21(19,20)14-5-3-2-4-6-14/h7,9,13-14H,2-6,8,10-11H2,1H3. The first-order valence-corrected chi connectivity index (χ1v) is 9.36. The van der Waals surface area contributed by atoms with E-state index in [1.807, 2.05) is 13.0 Å². The van der Waals surface area contributed by atoms with E-state index in [1.54, 1.807) is 10.5 Å². The number of aryl methyl sites for hydroxylation is 1. The van der Waals surface area contributed by atoms with Crippen molar-refractivity contribution >= 4 is 10.0 Å². The molecule has 1 unspecified atom stereocenters. The number of hydrogen-bond acceptors (Lipinski definition) is 4. The van der Waals surface area contributed by atoms with E-state index in [-0.39, 0.29) is 11.2 Å². The molecule has 6 heteroatoms. The summed E-state index contributed by atoms with van der Waals surface area (Å²) in [4.78, 5) is 8.77. The maximum absolute atomic E-state index is 12.7. The third-order valence-electron chi connectivity index (χ3n) is 4.66. The van der Waals surface area contributed by atoms with Gasteiger partial charge in [-0.1, -0.05) is 19.3 Å². The van der Waals surface area contributed by atoms with E-state index >= 15 is 0 Å². The Kier molecular flexibility index (Phi) is 4.26. The van der Waals surface area contributed by atoms with Gasteiger partial charge in [0.05, 0.1) is 5.25 Å². The maximum atomic E-state index is 12.7. The Bertz CT molecular complexity index is 597. The molecule has 0 N–H and O–H groups in total. The number of hydrogen-bond donors (Lipinski definition) is 0. The molecule has 1 atom stereocenters. The van der Waals surface area contributed by atoms with Crippen molar-refractivity contribution in [2.45, 2.75) is 56.6 Å². The first-order valence-electron chi connectivity index (χ1n) is 7.86. The zero-order valence-electron chi connectivity index (χ0n) is 12.5. The van der Waals surface area contributed by atoms with Crippen LogP contribution in [-0.2, 0) is 10.0 Å². The number of rotatable bonds is 3. The first kappa shape index (κ1) is 14.9. The molecule has 5 nitrogen and oxygen atoms in total. The molecule has 2 fully saturated rings. The van der Waals surface area contributed by atoms with Crippen molar-refractivity contribution in [3.63, 3.8) is 0 Å². The Morgan fingerprint density at radius 2 is 1.95 bits per heavy atom. The van der Waals surface area contributed by atoms with Gasteiger partial charge in [0.15, 0.2) is 0 Å². The van der Waals surface area contributed by atoms with Crippen molar-refractivity contribution < 1.29 is 8.42 Å². The Hall–Kier alpha value is -1.01. The molecule has 0 amide bonds. The van der Waals surface area contributed by atoms with E-state index in [2.05, 4.69) is 9.97 Å². The quantitative estimate of drug-likeness (QED) is 0.859. The smallest absolute Gasteiger partial charge is 0.217 e. The SMILES string of the molecule is Cc1ccnc(C2CCN(S(=O)(=O)C3CCCCC3)C2)n1. The fourth-order valence-corrected chi connectivity index (χ4v) is 5.51. The van der Waals surface area contributed by atoms with Gasteiger partial charge in [-0.05, 0) is 32.3 Å². The molecule has 1 aliphatic heterocycles. The number of sulfonamides is 1. The highest BCUT2D eigenvalue weighted by molar-refractivity contribution is 7.89. The van der Waals surface area contributed by atoms with E-state index in [0.717, 1.165) is 43.6 Å². The minimum Gasteiger partial charge on any atom is -0.241 e. The molecule has 0 aromatic carbocycles. The molecular weight excluding hydrogens is 286 g/mol. The van der Waals surface area contributed by atoms with Gasteiger partial charge in [-0.2, -0.15) is 0 Å². The normalized spacial score (nSPS) is 25.3. The molecule has 0 bridgehead atoms. The molecule has 0 radical (unpaired) electrons. The van der Waals surface area contributed by atoms with Gasteiger partial charge in [0.1, 0.15) is 5.82 Å². The Morgan fingerprint density at radius 1 is 1.19 bits per heavy atom. The summed E-state index contributed by atoms with van der Waals surface area (Å²) >= 11 is 0. The molecular formula is C15H23N3O2S. The predicted molar refractivity (Wildman–Crippen MR) is 81.5 cm³/mol. The summed E-state index contributed by atoms with van der Waals surface area (Å²) in [5, 5.41) is -0.163. The minimum absolute atomic E-state index is 0.142. The van der Waals surface area contributed by atoms with Gasteiger partial charge in [-0.15, -0.1) is 0 Å². The van der Waals surface area contributed by atoms with E-state index < -0.39 is 10.0 Å². The van der Waals surface area contributed by atoms with Gasteiger partial charge >= 0.3 is 0 Å². The van der Waals surface area contributed by atoms with Crippen molar-refractivity contribution in [3.8, 4) is 0 Å². The highest BCUT2D eigenvalue weighted by Gasteiger charge is 2.38. The highest BCUT2D eigenvalue weighted by atomic mass is 32.2. The minimum atomic E-state index is -3.14. The van der Waals surface area contributed by atoms with Gasteiger partial charge < -0.3 is 0 Å². The van der Waals surface area contributed by atoms with Crippen LogP contribution in [0, 0.1) is 6.92 Å². The molecule has 1 aromatic heterocycles. The summed E-state index contributed by atoms with van der Waals surface area (Å²) in [6.07, 6.45) is 7.50. The van der Waals surface area contributed by atoms with Crippen LogP contribution in [0.25, 0.3) is 0 Å². The van der Waals surface area contributed by atoms with Crippen molar-refractivity contribution in [1.29, 1.82) is 0 Å². The Balaban J connectivity index is 1.71. The molecule has 116 valence electrons. The van der Waals surface area contributed by atoms with Crippen LogP contribution in [0.2, 0.25) is 0 Å². The van der Waals surface area contributed by atoms with Gasteiger partial charge in [0.2, 0.25) is 10.0 Å². The van der Waals surface area contributed by atoms with E-state index in [0.29, 0.717) is 13.1 Å². The van der Waals surface area contributed by atoms with E-state index in [1.165, 1.54) is 6.42 Å². The number of aromatic nitrogens is 2. The van der Waals surface area contributed by atoms with Gasteiger partial charge in [-0.25, -0.2) is 22.7 Å². The zero-order valence-corrected chi connectivity index (χ0v) is 13.3. The predicted octanol–water partition coefficient (Wildman–Crippen LogP) is 2.24. The summed E-state index contributed by atoms with van der Waals surface area (Å²) in [5.41, 5.74) is 0.939. The zero-order chi connectivity index (χ0) is 14.9. The molecule has 1 aromatic rings. The average Bonchev–Trinajstić information content (AvgIpc) is 2.99. The average molecular weight is 309 g/mol. The third kappa shape index (κ3) is 3.11. The lowest BCUT2D eigenvalue weighted by molar-refractivity contribution is 0.425. The molecule has 2 heterocycles. The van der Waals surface area contributed by atoms with Crippen LogP contribution in [-0.4, -0.2) is 41.0 Å². The molecule has 21 heavy (non-hydrogen) atoms. The molecule has 1 aliphatic carbocycles. The fourth-order valence-electron chi connectivity index (χ4n) is 3.41. The second-order valence-electron chi connectivity index (χ2n) is 6.20. The molecule has 1 saturated carbocycles. The molecule has 2 aliphatic rings. The van der Waals surface area contributed by atoms with Crippen LogP contribution in [0.4, 0.5) is 0 Å². The van der Waals surface area contributed by atoms with Gasteiger partial charge in [0, 0.05) is 30.9 Å². The van der Waals surface area contributed by atoms with Crippen LogP contribution in [0.3, 0.4) is 0 Å². The van der Waals surface area contributed by atoms with Crippen LogP contribution in [0.15, 0.2) is 12.3 Å². The van der Waals surface area contributed by atoms with Crippen molar-refractivity contribution in [3.05, 3.63) is 23.8 Å². The Morgan fingerprint density at radius 3 is 2.67 bits per heavy atom. The largest absolute Gasteiger partial charge is 0.241 e. The molecule has 1 saturated heterocycles. The monoisotopic (exact) mass is 309 g/mol. The van der Waals surface area contributed by atoms with Crippen LogP contribution in [0.5, 0.6) is 0 Å². The highest BCUT2D eigenvalue weighted by Crippen LogP contribution is 2.32. The molecule has 0 spiro atoms. The van der Waals surface area contributed by atoms with Crippen LogP contribution in [0.1, 0.15) is 56.0 Å². The topological polar surface area (TPSA) is 63.2 Å². The third-order valence-corrected chi connectivity index (χ3v) is 7.03. The first-order chi connectivity index (χ1) is 10.1. The van der Waals surface area contributed by atoms with E-state index in [9.17, 15) is 8.42 Å². The van der Waals surface area contributed by atoms with Crippen LogP contribution >= 0.6 is 0 Å². The second kappa shape index (κ2) is 6.01. The molecule has 3 rings (SSSR count). The summed E-state index contributed by atoms with van der Waals surface area (Å²) in [5.74, 6) is 0.930. The summed E-state index contributed by atoms with van der Waals surface area (Å²) in [6, 6.07) is 1.87. The summed E-state index contributed by atoms with van der Waals surface area (Å²) in [7, 11) is -3.14. The lowest BCUT2D eigenvalue weighted by Gasteiger charge is -2.26. The lowest BCUT2D eigenvalue weighted by Crippen LogP contribution is -2.38. The van der Waals surface area contributed by atoms with Gasteiger partial charge in [-0.3, -0.25) is 0 Å². The Labute approximate surface area is 126 Å². The summed E-state index contributed by atoms with van der Waals surface area (Å²) in [6.45, 7) is 3.10.